The molecular formula is C20H28N2O4S. The molecule has 0 aliphatic heterocycles. The van der Waals surface area contributed by atoms with Gasteiger partial charge in [-0.15, -0.1) is 0 Å². The fraction of sp³-hybridized carbons (Fsp3) is 0.500. The van der Waals surface area contributed by atoms with Gasteiger partial charge in [-0.3, -0.25) is 4.79 Å². The molecule has 0 fully saturated rings. The van der Waals surface area contributed by atoms with Crippen LogP contribution < -0.4 is 5.32 Å². The van der Waals surface area contributed by atoms with Crippen LogP contribution in [0.2, 0.25) is 0 Å². The van der Waals surface area contributed by atoms with Gasteiger partial charge in [0.2, 0.25) is 5.91 Å². The third kappa shape index (κ3) is 5.92. The smallest absolute Gasteiger partial charge is 0.226 e. The van der Waals surface area contributed by atoms with Crippen LogP contribution >= 0.6 is 0 Å². The molecule has 0 aliphatic carbocycles. The van der Waals surface area contributed by atoms with Crippen molar-refractivity contribution in [2.45, 2.75) is 59.1 Å². The minimum Gasteiger partial charge on any atom is -0.360 e. The highest BCUT2D eigenvalue weighted by atomic mass is 32.2. The number of benzene rings is 1. The molecule has 2 aromatic rings. The summed E-state index contributed by atoms with van der Waals surface area (Å²) >= 11 is 0. The molecule has 1 N–H and O–H groups in total. The Morgan fingerprint density at radius 3 is 2.19 bits per heavy atom. The molecule has 7 heteroatoms. The lowest BCUT2D eigenvalue weighted by molar-refractivity contribution is -0.115. The first-order chi connectivity index (χ1) is 12.4. The standard InChI is InChI=1S/C20H28N2O4S/c1-13-9-16(20(4,5)6)10-14(2)17(13)12-27(24,25)8-7-19(23)21-18-11-15(3)26-22-18/h9-11H,7-8,12H2,1-6H3,(H,21,22,23). The Bertz CT molecular complexity index is 914. The third-order valence-electron chi connectivity index (χ3n) is 4.46. The maximum Gasteiger partial charge on any atom is 0.226 e. The van der Waals surface area contributed by atoms with Crippen LogP contribution in [0.5, 0.6) is 0 Å². The van der Waals surface area contributed by atoms with E-state index in [-0.39, 0.29) is 23.3 Å². The Morgan fingerprint density at radius 1 is 1.11 bits per heavy atom. The second-order valence-electron chi connectivity index (χ2n) is 8.05. The number of hydrogen-bond donors (Lipinski definition) is 1. The molecule has 0 bridgehead atoms. The van der Waals surface area contributed by atoms with Crippen LogP contribution in [-0.2, 0) is 25.8 Å². The zero-order valence-electron chi connectivity index (χ0n) is 16.8. The Balaban J connectivity index is 2.04. The summed E-state index contributed by atoms with van der Waals surface area (Å²) in [6, 6.07) is 5.69. The van der Waals surface area contributed by atoms with E-state index >= 15 is 0 Å². The maximum absolute atomic E-state index is 12.5. The van der Waals surface area contributed by atoms with E-state index in [0.29, 0.717) is 11.6 Å². The van der Waals surface area contributed by atoms with Gasteiger partial charge >= 0.3 is 0 Å². The van der Waals surface area contributed by atoms with Gasteiger partial charge in [0, 0.05) is 12.5 Å². The molecule has 0 saturated carbocycles. The van der Waals surface area contributed by atoms with Crippen molar-refractivity contribution in [3.63, 3.8) is 0 Å². The summed E-state index contributed by atoms with van der Waals surface area (Å²) in [6.07, 6.45) is -0.119. The Kier molecular flexibility index (Phi) is 6.14. The molecule has 1 aromatic carbocycles. The largest absolute Gasteiger partial charge is 0.360 e. The Morgan fingerprint density at radius 2 is 1.70 bits per heavy atom. The van der Waals surface area contributed by atoms with E-state index in [2.05, 4.69) is 43.4 Å². The number of anilines is 1. The summed E-state index contributed by atoms with van der Waals surface area (Å²) in [6.45, 7) is 12.0. The Hall–Kier alpha value is -2.15. The van der Waals surface area contributed by atoms with Crippen LogP contribution in [0.4, 0.5) is 5.82 Å². The zero-order valence-corrected chi connectivity index (χ0v) is 17.7. The average Bonchev–Trinajstić information content (AvgIpc) is 2.93. The number of amides is 1. The number of aryl methyl sites for hydroxylation is 3. The molecule has 1 aromatic heterocycles. The summed E-state index contributed by atoms with van der Waals surface area (Å²) in [7, 11) is -3.41. The van der Waals surface area contributed by atoms with E-state index in [9.17, 15) is 13.2 Å². The highest BCUT2D eigenvalue weighted by Crippen LogP contribution is 2.28. The number of rotatable bonds is 6. The van der Waals surface area contributed by atoms with Gasteiger partial charge in [0.15, 0.2) is 15.7 Å². The number of carbonyl (C=O) groups is 1. The van der Waals surface area contributed by atoms with Crippen molar-refractivity contribution in [2.24, 2.45) is 0 Å². The first-order valence-electron chi connectivity index (χ1n) is 8.91. The first kappa shape index (κ1) is 21.2. The van der Waals surface area contributed by atoms with E-state index in [0.717, 1.165) is 16.7 Å². The van der Waals surface area contributed by atoms with Crippen LogP contribution in [0.3, 0.4) is 0 Å². The van der Waals surface area contributed by atoms with Crippen LogP contribution in [0.15, 0.2) is 22.7 Å². The minimum absolute atomic E-state index is 0.00445. The van der Waals surface area contributed by atoms with Crippen molar-refractivity contribution in [1.82, 2.24) is 5.16 Å². The number of nitrogens with one attached hydrogen (secondary N) is 1. The fourth-order valence-electron chi connectivity index (χ4n) is 2.83. The number of aromatic nitrogens is 1. The van der Waals surface area contributed by atoms with Crippen molar-refractivity contribution < 1.29 is 17.7 Å². The van der Waals surface area contributed by atoms with Gasteiger partial charge in [-0.1, -0.05) is 38.1 Å². The van der Waals surface area contributed by atoms with E-state index in [4.69, 9.17) is 4.52 Å². The first-order valence-corrected chi connectivity index (χ1v) is 10.7. The summed E-state index contributed by atoms with van der Waals surface area (Å²) < 4.78 is 29.9. The highest BCUT2D eigenvalue weighted by Gasteiger charge is 2.20. The van der Waals surface area contributed by atoms with E-state index in [1.165, 1.54) is 5.56 Å². The summed E-state index contributed by atoms with van der Waals surface area (Å²) in [5, 5.41) is 6.20. The average molecular weight is 393 g/mol. The normalized spacial score (nSPS) is 12.2. The van der Waals surface area contributed by atoms with Gasteiger partial charge in [-0.2, -0.15) is 0 Å². The van der Waals surface area contributed by atoms with Crippen molar-refractivity contribution in [3.8, 4) is 0 Å². The molecule has 2 rings (SSSR count). The number of sulfone groups is 1. The van der Waals surface area contributed by atoms with E-state index in [1.807, 2.05) is 13.8 Å². The molecular weight excluding hydrogens is 364 g/mol. The highest BCUT2D eigenvalue weighted by molar-refractivity contribution is 7.90. The van der Waals surface area contributed by atoms with Crippen LogP contribution in [0, 0.1) is 20.8 Å². The predicted octanol–water partition coefficient (Wildman–Crippen LogP) is 3.84. The van der Waals surface area contributed by atoms with Gasteiger partial charge in [0.25, 0.3) is 0 Å². The Labute approximate surface area is 161 Å². The van der Waals surface area contributed by atoms with Crippen molar-refractivity contribution in [3.05, 3.63) is 46.2 Å². The van der Waals surface area contributed by atoms with Crippen LogP contribution in [0.25, 0.3) is 0 Å². The van der Waals surface area contributed by atoms with Gasteiger partial charge < -0.3 is 9.84 Å². The molecule has 0 unspecified atom stereocenters. The summed E-state index contributed by atoms with van der Waals surface area (Å²) in [4.78, 5) is 12.0. The zero-order chi connectivity index (χ0) is 20.4. The van der Waals surface area contributed by atoms with Gasteiger partial charge in [-0.05, 0) is 48.4 Å². The molecule has 0 spiro atoms. The molecule has 27 heavy (non-hydrogen) atoms. The minimum atomic E-state index is -3.41. The summed E-state index contributed by atoms with van der Waals surface area (Å²) in [5.74, 6) is 0.186. The monoisotopic (exact) mass is 392 g/mol. The summed E-state index contributed by atoms with van der Waals surface area (Å²) in [5.41, 5.74) is 3.93. The van der Waals surface area contributed by atoms with E-state index in [1.54, 1.807) is 13.0 Å². The number of carbonyl (C=O) groups excluding carboxylic acids is 1. The molecule has 0 aliphatic rings. The van der Waals surface area contributed by atoms with Crippen LogP contribution in [-0.4, -0.2) is 25.2 Å². The number of nitrogens with zero attached hydrogens (tertiary/aromatic N) is 1. The molecule has 1 heterocycles. The van der Waals surface area contributed by atoms with Crippen LogP contribution in [0.1, 0.15) is 55.2 Å². The quantitative estimate of drug-likeness (QED) is 0.807. The topological polar surface area (TPSA) is 89.3 Å². The second kappa shape index (κ2) is 7.84. The lowest BCUT2D eigenvalue weighted by Gasteiger charge is -2.22. The van der Waals surface area contributed by atoms with Crippen molar-refractivity contribution in [1.29, 1.82) is 0 Å². The molecule has 148 valence electrons. The molecule has 6 nitrogen and oxygen atoms in total. The van der Waals surface area contributed by atoms with Gasteiger partial charge in [0.05, 0.1) is 11.5 Å². The molecule has 0 saturated heterocycles. The van der Waals surface area contributed by atoms with Crippen molar-refractivity contribution in [2.75, 3.05) is 11.1 Å². The lowest BCUT2D eigenvalue weighted by Crippen LogP contribution is -2.19. The lowest BCUT2D eigenvalue weighted by atomic mass is 9.84. The second-order valence-corrected chi connectivity index (χ2v) is 10.2. The fourth-order valence-corrected chi connectivity index (χ4v) is 4.36. The van der Waals surface area contributed by atoms with Gasteiger partial charge in [0.1, 0.15) is 5.76 Å². The SMILES string of the molecule is Cc1cc(NC(=O)CCS(=O)(=O)Cc2c(C)cc(C(C)(C)C)cc2C)no1. The molecule has 1 amide bonds. The number of hydrogen-bond acceptors (Lipinski definition) is 5. The van der Waals surface area contributed by atoms with Crippen molar-refractivity contribution >= 4 is 21.6 Å². The predicted molar refractivity (Wildman–Crippen MR) is 107 cm³/mol. The molecule has 0 radical (unpaired) electrons. The van der Waals surface area contributed by atoms with Gasteiger partial charge in [-0.25, -0.2) is 8.42 Å². The molecule has 0 atom stereocenters. The third-order valence-corrected chi connectivity index (χ3v) is 6.02. The van der Waals surface area contributed by atoms with E-state index < -0.39 is 15.7 Å². The maximum atomic E-state index is 12.5.